The van der Waals surface area contributed by atoms with Crippen molar-refractivity contribution in [3.63, 3.8) is 0 Å². The van der Waals surface area contributed by atoms with Crippen LogP contribution in [0.2, 0.25) is 0 Å². The van der Waals surface area contributed by atoms with Gasteiger partial charge in [0.1, 0.15) is 17.6 Å². The van der Waals surface area contributed by atoms with E-state index in [0.717, 1.165) is 69.9 Å². The third-order valence-electron chi connectivity index (χ3n) is 12.6. The van der Waals surface area contributed by atoms with E-state index in [2.05, 4.69) is 30.8 Å². The number of piperidine rings is 3. The van der Waals surface area contributed by atoms with E-state index in [9.17, 15) is 23.6 Å². The van der Waals surface area contributed by atoms with Gasteiger partial charge in [-0.2, -0.15) is 0 Å². The van der Waals surface area contributed by atoms with Gasteiger partial charge in [-0.1, -0.05) is 24.3 Å². The number of likely N-dealkylation sites (tertiary alicyclic amines) is 2. The highest BCUT2D eigenvalue weighted by molar-refractivity contribution is 6.01. The number of hydrogen-bond acceptors (Lipinski definition) is 10. The molecule has 60 heavy (non-hydrogen) atoms. The first-order valence-corrected chi connectivity index (χ1v) is 21.3. The van der Waals surface area contributed by atoms with Gasteiger partial charge in [0.15, 0.2) is 5.82 Å². The fourth-order valence-electron chi connectivity index (χ4n) is 9.11. The van der Waals surface area contributed by atoms with E-state index in [1.165, 1.54) is 16.7 Å². The van der Waals surface area contributed by atoms with Crippen molar-refractivity contribution in [2.24, 2.45) is 11.8 Å². The highest BCUT2D eigenvalue weighted by Gasteiger charge is 2.30. The molecule has 1 saturated carbocycles. The fourth-order valence-corrected chi connectivity index (χ4v) is 9.11. The van der Waals surface area contributed by atoms with Gasteiger partial charge in [-0.3, -0.25) is 24.3 Å². The highest BCUT2D eigenvalue weighted by Crippen LogP contribution is 2.34. The van der Waals surface area contributed by atoms with Crippen molar-refractivity contribution < 1.29 is 27.9 Å². The predicted octanol–water partition coefficient (Wildman–Crippen LogP) is 6.49. The molecule has 2 aromatic carbocycles. The Hall–Kier alpha value is -5.70. The van der Waals surface area contributed by atoms with Crippen LogP contribution < -0.4 is 21.5 Å². The number of rotatable bonds is 11. The van der Waals surface area contributed by atoms with Crippen LogP contribution in [0.25, 0.3) is 16.9 Å². The monoisotopic (exact) mass is 822 g/mol. The second-order valence-corrected chi connectivity index (χ2v) is 16.7. The molecule has 3 aliphatic heterocycles. The quantitative estimate of drug-likeness (QED) is 0.143. The maximum Gasteiger partial charge on any atom is 0.409 e. The van der Waals surface area contributed by atoms with Gasteiger partial charge in [-0.05, 0) is 125 Å². The van der Waals surface area contributed by atoms with Crippen molar-refractivity contribution in [3.05, 3.63) is 101 Å². The maximum atomic E-state index is 15.2. The third-order valence-corrected chi connectivity index (χ3v) is 12.6. The number of nitrogens with zero attached hydrogens (tertiary/aromatic N) is 5. The zero-order valence-electron chi connectivity index (χ0n) is 33.7. The molecule has 3 N–H and O–H groups in total. The number of ether oxygens (including phenoxy) is 1. The van der Waals surface area contributed by atoms with Crippen LogP contribution >= 0.6 is 0 Å². The van der Waals surface area contributed by atoms with E-state index in [1.54, 1.807) is 47.5 Å². The van der Waals surface area contributed by atoms with Gasteiger partial charge in [0, 0.05) is 61.3 Å². The average molecular weight is 823 g/mol. The number of aromatic nitrogens is 3. The van der Waals surface area contributed by atoms with E-state index < -0.39 is 11.9 Å². The lowest BCUT2D eigenvalue weighted by atomic mass is 9.81. The van der Waals surface area contributed by atoms with Gasteiger partial charge in [0.2, 0.25) is 17.8 Å². The third kappa shape index (κ3) is 10.0. The number of halogens is 2. The van der Waals surface area contributed by atoms with Crippen LogP contribution in [0, 0.1) is 23.5 Å². The summed E-state index contributed by atoms with van der Waals surface area (Å²) in [7, 11) is 0. The molecule has 15 heteroatoms. The summed E-state index contributed by atoms with van der Waals surface area (Å²) >= 11 is 0. The summed E-state index contributed by atoms with van der Waals surface area (Å²) in [5.41, 5.74) is 2.34. The lowest BCUT2D eigenvalue weighted by Gasteiger charge is -2.37. The number of pyridine rings is 1. The topological polar surface area (TPSA) is 151 Å². The first kappa shape index (κ1) is 41.1. The number of amides is 3. The first-order valence-electron chi connectivity index (χ1n) is 21.3. The van der Waals surface area contributed by atoms with E-state index in [1.807, 2.05) is 12.1 Å². The molecule has 0 radical (unpaired) electrons. The number of benzene rings is 2. The minimum Gasteiger partial charge on any atom is -0.449 e. The Balaban J connectivity index is 0.726. The molecule has 4 aliphatic rings. The van der Waals surface area contributed by atoms with E-state index in [0.29, 0.717) is 73.7 Å². The Morgan fingerprint density at radius 3 is 2.35 bits per heavy atom. The van der Waals surface area contributed by atoms with Crippen LogP contribution in [-0.4, -0.2) is 93.7 Å². The molecule has 1 unspecified atom stereocenters. The molecular formula is C45H52F2N8O5. The number of carbonyl (C=O) groups excluding carboxylic acids is 3. The molecular weight excluding hydrogens is 771 g/mol. The molecule has 5 heterocycles. The minimum absolute atomic E-state index is 0.00596. The Bertz CT molecular complexity index is 2230. The summed E-state index contributed by atoms with van der Waals surface area (Å²) in [6.07, 6.45) is 10.6. The first-order chi connectivity index (χ1) is 29.1. The standard InChI is InChI=1S/C45H52F2N8O5/c46-37-25-34(49-39-13-14-40(56)51-43(39)58)11-12-36(37)31-15-20-53(21-16-31)27-29-7-9-30(10-8-29)28-60-45(59)54-22-17-33(18-23-54)50-44-48-26-38(47)42(52-44)32-4-3-5-35(24-32)55-19-2-1-6-41(55)57/h1-6,11-12,19,24-26,29-31,33,39,49H,7-10,13-18,20-23,27-28H2,(H,48,50,52)(H,51,56,58)/t29-,30-,39?. The maximum absolute atomic E-state index is 15.2. The zero-order valence-corrected chi connectivity index (χ0v) is 33.7. The zero-order chi connectivity index (χ0) is 41.6. The highest BCUT2D eigenvalue weighted by atomic mass is 19.1. The molecule has 13 nitrogen and oxygen atoms in total. The van der Waals surface area contributed by atoms with Gasteiger partial charge in [-0.15, -0.1) is 0 Å². The predicted molar refractivity (Wildman–Crippen MR) is 223 cm³/mol. The Morgan fingerprint density at radius 1 is 0.817 bits per heavy atom. The second-order valence-electron chi connectivity index (χ2n) is 16.7. The van der Waals surface area contributed by atoms with Crippen molar-refractivity contribution in [1.29, 1.82) is 0 Å². The molecule has 0 spiro atoms. The van der Waals surface area contributed by atoms with Crippen LogP contribution in [0.1, 0.15) is 75.7 Å². The second kappa shape index (κ2) is 18.7. The summed E-state index contributed by atoms with van der Waals surface area (Å²) < 4.78 is 37.5. The number of nitrogens with one attached hydrogen (secondary N) is 3. The Kier molecular flexibility index (Phi) is 12.8. The Morgan fingerprint density at radius 2 is 1.60 bits per heavy atom. The lowest BCUT2D eigenvalue weighted by molar-refractivity contribution is -0.133. The van der Waals surface area contributed by atoms with Gasteiger partial charge in [0.25, 0.3) is 5.56 Å². The Labute approximate surface area is 347 Å². The normalized spacial score (nSPS) is 22.0. The molecule has 2 aromatic heterocycles. The van der Waals surface area contributed by atoms with Gasteiger partial charge in [0.05, 0.1) is 12.8 Å². The van der Waals surface area contributed by atoms with E-state index in [-0.39, 0.29) is 53.4 Å². The number of carbonyl (C=O) groups is 3. The fraction of sp³-hybridized carbons (Fsp3) is 0.467. The van der Waals surface area contributed by atoms with E-state index in [4.69, 9.17) is 4.74 Å². The van der Waals surface area contributed by atoms with Gasteiger partial charge < -0.3 is 25.2 Å². The minimum atomic E-state index is -0.566. The van der Waals surface area contributed by atoms with E-state index >= 15 is 4.39 Å². The van der Waals surface area contributed by atoms with Crippen LogP contribution in [-0.2, 0) is 14.3 Å². The van der Waals surface area contributed by atoms with Crippen LogP contribution in [0.5, 0.6) is 0 Å². The molecule has 4 fully saturated rings. The largest absolute Gasteiger partial charge is 0.449 e. The molecule has 1 aliphatic carbocycles. The smallest absolute Gasteiger partial charge is 0.409 e. The van der Waals surface area contributed by atoms with Crippen molar-refractivity contribution in [2.45, 2.75) is 82.2 Å². The molecule has 3 saturated heterocycles. The van der Waals surface area contributed by atoms with Crippen molar-refractivity contribution >= 4 is 29.5 Å². The molecule has 1 atom stereocenters. The average Bonchev–Trinajstić information content (AvgIpc) is 3.26. The van der Waals surface area contributed by atoms with Crippen molar-refractivity contribution in [2.75, 3.05) is 50.0 Å². The lowest BCUT2D eigenvalue weighted by Crippen LogP contribution is -2.47. The molecule has 4 aromatic rings. The SMILES string of the molecule is O=C1CCC(Nc2ccc(C3CCN(C[C@H]4CC[C@H](COC(=O)N5CCC(Nc6ncc(F)c(-c7cccc(-n8ccccc8=O)c7)n6)CC5)CC4)CC3)c(F)c2)C(=O)N1. The van der Waals surface area contributed by atoms with Gasteiger partial charge >= 0.3 is 6.09 Å². The number of hydrogen-bond donors (Lipinski definition) is 3. The summed E-state index contributed by atoms with van der Waals surface area (Å²) in [6.45, 7) is 4.37. The molecule has 3 amide bonds. The van der Waals surface area contributed by atoms with Crippen molar-refractivity contribution in [1.82, 2.24) is 29.7 Å². The molecule has 316 valence electrons. The molecule has 0 bridgehead atoms. The summed E-state index contributed by atoms with van der Waals surface area (Å²) in [6, 6.07) is 16.5. The molecule has 8 rings (SSSR count). The number of anilines is 2. The van der Waals surface area contributed by atoms with Crippen LogP contribution in [0.15, 0.2) is 77.9 Å². The van der Waals surface area contributed by atoms with Gasteiger partial charge in [-0.25, -0.2) is 23.5 Å². The summed E-state index contributed by atoms with van der Waals surface area (Å²) in [5.74, 6) is -0.0768. The van der Waals surface area contributed by atoms with Crippen LogP contribution in [0.3, 0.4) is 0 Å². The summed E-state index contributed by atoms with van der Waals surface area (Å²) in [5, 5.41) is 8.71. The van der Waals surface area contributed by atoms with Crippen molar-refractivity contribution in [3.8, 4) is 16.9 Å². The summed E-state index contributed by atoms with van der Waals surface area (Å²) in [4.78, 5) is 61.8. The number of imide groups is 1. The van der Waals surface area contributed by atoms with Crippen LogP contribution in [0.4, 0.5) is 25.2 Å².